The summed E-state index contributed by atoms with van der Waals surface area (Å²) in [6.07, 6.45) is 8.59. The van der Waals surface area contributed by atoms with Crippen LogP contribution in [0.4, 0.5) is 0 Å². The second kappa shape index (κ2) is 10.4. The Hall–Kier alpha value is -2.58. The molecule has 30 heavy (non-hydrogen) atoms. The van der Waals surface area contributed by atoms with Crippen molar-refractivity contribution in [1.82, 2.24) is 5.32 Å². The first-order valence-corrected chi connectivity index (χ1v) is 10.9. The van der Waals surface area contributed by atoms with E-state index in [2.05, 4.69) is 18.3 Å². The van der Waals surface area contributed by atoms with Crippen LogP contribution in [-0.4, -0.2) is 19.9 Å². The Labute approximate surface area is 179 Å². The lowest BCUT2D eigenvalue weighted by atomic mass is 9.76. The van der Waals surface area contributed by atoms with E-state index in [1.54, 1.807) is 6.07 Å². The average molecular weight is 409 g/mol. The fourth-order valence-corrected chi connectivity index (χ4v) is 4.80. The molecule has 160 valence electrons. The van der Waals surface area contributed by atoms with Crippen LogP contribution in [0, 0.1) is 17.2 Å². The third-order valence-corrected chi connectivity index (χ3v) is 6.26. The van der Waals surface area contributed by atoms with E-state index in [1.807, 2.05) is 25.1 Å². The number of ether oxygens (including phenoxy) is 2. The topological polar surface area (TPSA) is 71.3 Å². The van der Waals surface area contributed by atoms with Crippen molar-refractivity contribution in [1.29, 1.82) is 5.26 Å². The SMILES string of the molecule is COCOC(=O)C1=C(C)NC(C)=C(CC2CCCCCC2)C1c1cccc(C#N)c1. The summed E-state index contributed by atoms with van der Waals surface area (Å²) in [5, 5.41) is 12.8. The van der Waals surface area contributed by atoms with Crippen molar-refractivity contribution in [2.45, 2.75) is 64.7 Å². The van der Waals surface area contributed by atoms with Gasteiger partial charge in [-0.05, 0) is 49.5 Å². The number of nitrogens with zero attached hydrogens (tertiary/aromatic N) is 1. The van der Waals surface area contributed by atoms with E-state index in [0.29, 0.717) is 17.1 Å². The van der Waals surface area contributed by atoms with Gasteiger partial charge in [-0.15, -0.1) is 0 Å². The molecule has 1 atom stereocenters. The number of hydrogen-bond donors (Lipinski definition) is 1. The number of methoxy groups -OCH3 is 1. The lowest BCUT2D eigenvalue weighted by Crippen LogP contribution is -2.30. The molecule has 0 aromatic heterocycles. The van der Waals surface area contributed by atoms with Gasteiger partial charge in [0.25, 0.3) is 0 Å². The highest BCUT2D eigenvalue weighted by Gasteiger charge is 2.35. The van der Waals surface area contributed by atoms with E-state index in [1.165, 1.54) is 51.2 Å². The molecule has 1 fully saturated rings. The van der Waals surface area contributed by atoms with E-state index < -0.39 is 0 Å². The third-order valence-electron chi connectivity index (χ3n) is 6.26. The van der Waals surface area contributed by atoms with Crippen molar-refractivity contribution in [3.05, 3.63) is 57.9 Å². The Morgan fingerprint density at radius 3 is 2.57 bits per heavy atom. The maximum Gasteiger partial charge on any atom is 0.338 e. The number of benzene rings is 1. The van der Waals surface area contributed by atoms with Gasteiger partial charge in [-0.1, -0.05) is 50.7 Å². The van der Waals surface area contributed by atoms with Crippen LogP contribution in [0.5, 0.6) is 0 Å². The van der Waals surface area contributed by atoms with Crippen LogP contribution in [0.1, 0.15) is 75.8 Å². The summed E-state index contributed by atoms with van der Waals surface area (Å²) >= 11 is 0. The number of rotatable bonds is 6. The Kier molecular flexibility index (Phi) is 7.70. The quantitative estimate of drug-likeness (QED) is 0.393. The Balaban J connectivity index is 2.02. The molecule has 1 aliphatic heterocycles. The van der Waals surface area contributed by atoms with Gasteiger partial charge in [-0.3, -0.25) is 0 Å². The van der Waals surface area contributed by atoms with Gasteiger partial charge in [0, 0.05) is 24.4 Å². The van der Waals surface area contributed by atoms with Gasteiger partial charge < -0.3 is 14.8 Å². The molecule has 1 aromatic rings. The van der Waals surface area contributed by atoms with Crippen molar-refractivity contribution in [3.8, 4) is 6.07 Å². The molecular formula is C25H32N2O3. The summed E-state index contributed by atoms with van der Waals surface area (Å²) in [5.41, 5.74) is 5.29. The minimum absolute atomic E-state index is 0.0821. The van der Waals surface area contributed by atoms with E-state index in [9.17, 15) is 10.1 Å². The fraction of sp³-hybridized carbons (Fsp3) is 0.520. The molecule has 5 nitrogen and oxygen atoms in total. The molecule has 1 aromatic carbocycles. The van der Waals surface area contributed by atoms with Crippen LogP contribution in [0.2, 0.25) is 0 Å². The molecule has 1 saturated carbocycles. The van der Waals surface area contributed by atoms with E-state index in [4.69, 9.17) is 9.47 Å². The van der Waals surface area contributed by atoms with Crippen LogP contribution in [-0.2, 0) is 14.3 Å². The largest absolute Gasteiger partial charge is 0.435 e. The van der Waals surface area contributed by atoms with Gasteiger partial charge in [-0.2, -0.15) is 5.26 Å². The number of carbonyl (C=O) groups is 1. The standard InChI is InChI=1S/C25H32N2O3/c1-17-22(14-19-9-6-4-5-7-10-19)24(21-12-8-11-20(13-21)15-26)23(18(2)27-17)25(28)30-16-29-3/h8,11-13,19,24,27H,4-7,9-10,14,16H2,1-3H3. The van der Waals surface area contributed by atoms with Crippen LogP contribution >= 0.6 is 0 Å². The molecule has 0 radical (unpaired) electrons. The molecule has 1 N–H and O–H groups in total. The molecule has 1 unspecified atom stereocenters. The van der Waals surface area contributed by atoms with Crippen LogP contribution in [0.3, 0.4) is 0 Å². The molecular weight excluding hydrogens is 376 g/mol. The summed E-state index contributed by atoms with van der Waals surface area (Å²) < 4.78 is 10.3. The molecule has 0 bridgehead atoms. The minimum atomic E-state index is -0.375. The number of hydrogen-bond acceptors (Lipinski definition) is 5. The average Bonchev–Trinajstić information content (AvgIpc) is 3.02. The van der Waals surface area contributed by atoms with Crippen LogP contribution < -0.4 is 5.32 Å². The molecule has 1 heterocycles. The molecule has 2 aliphatic rings. The molecule has 0 spiro atoms. The smallest absolute Gasteiger partial charge is 0.338 e. The second-order valence-electron chi connectivity index (χ2n) is 8.38. The van der Waals surface area contributed by atoms with Crippen molar-refractivity contribution < 1.29 is 14.3 Å². The van der Waals surface area contributed by atoms with Gasteiger partial charge in [-0.25, -0.2) is 4.79 Å². The highest BCUT2D eigenvalue weighted by Crippen LogP contribution is 2.43. The number of nitrogens with one attached hydrogen (secondary N) is 1. The zero-order valence-corrected chi connectivity index (χ0v) is 18.3. The van der Waals surface area contributed by atoms with E-state index in [0.717, 1.165) is 23.4 Å². The lowest BCUT2D eigenvalue weighted by molar-refractivity contribution is -0.149. The first-order chi connectivity index (χ1) is 14.5. The lowest BCUT2D eigenvalue weighted by Gasteiger charge is -2.33. The summed E-state index contributed by atoms with van der Waals surface area (Å²) in [4.78, 5) is 13.0. The minimum Gasteiger partial charge on any atom is -0.435 e. The van der Waals surface area contributed by atoms with Crippen molar-refractivity contribution in [3.63, 3.8) is 0 Å². The fourth-order valence-electron chi connectivity index (χ4n) is 4.80. The first-order valence-electron chi connectivity index (χ1n) is 10.9. The van der Waals surface area contributed by atoms with Crippen molar-refractivity contribution in [2.24, 2.45) is 5.92 Å². The van der Waals surface area contributed by atoms with E-state index in [-0.39, 0.29) is 18.7 Å². The predicted molar refractivity (Wildman–Crippen MR) is 116 cm³/mol. The number of dihydropyridines is 1. The highest BCUT2D eigenvalue weighted by atomic mass is 16.7. The van der Waals surface area contributed by atoms with Gasteiger partial charge in [0.2, 0.25) is 0 Å². The zero-order valence-electron chi connectivity index (χ0n) is 18.3. The molecule has 0 saturated heterocycles. The molecule has 3 rings (SSSR count). The second-order valence-corrected chi connectivity index (χ2v) is 8.38. The maximum absolute atomic E-state index is 13.0. The van der Waals surface area contributed by atoms with E-state index >= 15 is 0 Å². The zero-order chi connectivity index (χ0) is 21.5. The number of carbonyl (C=O) groups excluding carboxylic acids is 1. The monoisotopic (exact) mass is 408 g/mol. The molecule has 0 amide bonds. The Morgan fingerprint density at radius 1 is 1.17 bits per heavy atom. The summed E-state index contributed by atoms with van der Waals surface area (Å²) in [6.45, 7) is 3.92. The number of nitriles is 1. The predicted octanol–water partition coefficient (Wildman–Crippen LogP) is 5.30. The van der Waals surface area contributed by atoms with Crippen LogP contribution in [0.15, 0.2) is 46.8 Å². The Morgan fingerprint density at radius 2 is 1.90 bits per heavy atom. The van der Waals surface area contributed by atoms with Crippen molar-refractivity contribution in [2.75, 3.05) is 13.9 Å². The molecule has 1 aliphatic carbocycles. The van der Waals surface area contributed by atoms with Crippen molar-refractivity contribution >= 4 is 5.97 Å². The highest BCUT2D eigenvalue weighted by molar-refractivity contribution is 5.92. The third kappa shape index (κ3) is 5.12. The normalized spacial score (nSPS) is 20.4. The Bertz CT molecular complexity index is 871. The summed E-state index contributed by atoms with van der Waals surface area (Å²) in [6, 6.07) is 9.82. The summed E-state index contributed by atoms with van der Waals surface area (Å²) in [5.74, 6) is 0.0304. The van der Waals surface area contributed by atoms with Gasteiger partial charge in [0.1, 0.15) is 0 Å². The van der Waals surface area contributed by atoms with Crippen LogP contribution in [0.25, 0.3) is 0 Å². The summed E-state index contributed by atoms with van der Waals surface area (Å²) in [7, 11) is 1.50. The van der Waals surface area contributed by atoms with Gasteiger partial charge in [0.15, 0.2) is 6.79 Å². The number of allylic oxidation sites excluding steroid dienone is 3. The molecule has 5 heteroatoms. The van der Waals surface area contributed by atoms with Gasteiger partial charge in [0.05, 0.1) is 17.2 Å². The maximum atomic E-state index is 13.0. The first kappa shape index (κ1) is 22.1. The van der Waals surface area contributed by atoms with Gasteiger partial charge >= 0.3 is 5.97 Å². The number of esters is 1.